The first kappa shape index (κ1) is 74.9. The largest absolute Gasteiger partial charge is 0.499 e. The predicted molar refractivity (Wildman–Crippen MR) is 312 cm³/mol. The fraction of sp³-hybridized carbons (Fsp3) is 0.679. The van der Waals surface area contributed by atoms with E-state index in [1.54, 1.807) is 78.8 Å². The molecule has 476 valence electrons. The number of amides is 6. The molecule has 0 aromatic heterocycles. The topological polar surface area (TPSA) is 330 Å². The number of hydrogen-bond donors (Lipinski definition) is 6. The summed E-state index contributed by atoms with van der Waals surface area (Å²) in [5.41, 5.74) is 1.16. The lowest BCUT2D eigenvalue weighted by atomic mass is 9.90. The molecule has 1 aromatic rings. The van der Waals surface area contributed by atoms with E-state index in [1.807, 2.05) is 6.92 Å². The van der Waals surface area contributed by atoms with Gasteiger partial charge in [-0.25, -0.2) is 23.5 Å². The highest BCUT2D eigenvalue weighted by Gasteiger charge is 2.38. The van der Waals surface area contributed by atoms with Crippen LogP contribution < -0.4 is 21.3 Å². The van der Waals surface area contributed by atoms with Crippen LogP contribution in [0.1, 0.15) is 146 Å². The second kappa shape index (κ2) is 37.4. The maximum absolute atomic E-state index is 14.3. The van der Waals surface area contributed by atoms with Crippen molar-refractivity contribution in [3.63, 3.8) is 0 Å². The molecule has 28 heteroatoms. The van der Waals surface area contributed by atoms with Crippen molar-refractivity contribution < 1.29 is 89.9 Å². The number of halogens is 1. The Morgan fingerprint density at radius 1 is 0.833 bits per heavy atom. The SMILES string of the molecule is C/C=C(\C)[C@H]1OC(=O)[C@@H](C)NC(=O)[C@H](C(C)CC)NC(=O)CN(C)C(=O)[C@@H](Cc2ccc(Cl)cc2)N(C)C(=O)[C@H](C)NC(=O)[C@@H](CC(C)C)OC(=O)/C(C)=C/C[C@H](OC(=O)NCCCCCOP(=O)(O)OOP(=O)(O)OCCCCCC)[C@@H]1C. The van der Waals surface area contributed by atoms with Gasteiger partial charge in [-0.1, -0.05) is 103 Å². The van der Waals surface area contributed by atoms with Crippen molar-refractivity contribution in [2.75, 3.05) is 40.4 Å². The van der Waals surface area contributed by atoms with Crippen molar-refractivity contribution in [3.8, 4) is 0 Å². The van der Waals surface area contributed by atoms with Crippen LogP contribution in [-0.4, -0.2) is 150 Å². The van der Waals surface area contributed by atoms with Crippen LogP contribution in [0.25, 0.3) is 0 Å². The molecule has 1 heterocycles. The van der Waals surface area contributed by atoms with E-state index >= 15 is 0 Å². The fourth-order valence-corrected chi connectivity index (χ4v) is 10.1. The van der Waals surface area contributed by atoms with Crippen LogP contribution in [0.2, 0.25) is 5.02 Å². The molecule has 11 atom stereocenters. The molecule has 0 fully saturated rings. The van der Waals surface area contributed by atoms with Crippen molar-refractivity contribution in [1.82, 2.24) is 31.1 Å². The maximum atomic E-state index is 14.3. The quantitative estimate of drug-likeness (QED) is 0.0111. The minimum atomic E-state index is -4.92. The smallest absolute Gasteiger partial charge is 0.456 e. The molecule has 0 saturated carbocycles. The molecule has 1 aliphatic rings. The van der Waals surface area contributed by atoms with Crippen LogP contribution in [0.4, 0.5) is 4.79 Å². The molecule has 6 amide bonds. The summed E-state index contributed by atoms with van der Waals surface area (Å²) in [6.07, 6.45) is 2.75. The van der Waals surface area contributed by atoms with Crippen molar-refractivity contribution >= 4 is 74.8 Å². The number of allylic oxidation sites excluding steroid dienone is 1. The molecule has 0 spiro atoms. The molecular weight excluding hydrogens is 1160 g/mol. The highest BCUT2D eigenvalue weighted by Crippen LogP contribution is 2.52. The summed E-state index contributed by atoms with van der Waals surface area (Å²) in [6.45, 7) is 17.4. The Labute approximate surface area is 499 Å². The zero-order valence-electron chi connectivity index (χ0n) is 50.8. The molecule has 0 aliphatic carbocycles. The first-order valence-corrected chi connectivity index (χ1v) is 31.9. The van der Waals surface area contributed by atoms with E-state index < -0.39 is 124 Å². The number of esters is 2. The molecule has 6 N–H and O–H groups in total. The second-order valence-corrected chi connectivity index (χ2v) is 24.6. The zero-order chi connectivity index (χ0) is 63.5. The van der Waals surface area contributed by atoms with Crippen LogP contribution >= 0.6 is 27.2 Å². The van der Waals surface area contributed by atoms with Gasteiger partial charge in [0, 0.05) is 50.0 Å². The van der Waals surface area contributed by atoms with Crippen LogP contribution in [0.5, 0.6) is 0 Å². The Morgan fingerprint density at radius 2 is 1.42 bits per heavy atom. The summed E-state index contributed by atoms with van der Waals surface area (Å²) in [4.78, 5) is 134. The number of carbonyl (C=O) groups excluding carboxylic acids is 8. The van der Waals surface area contributed by atoms with Gasteiger partial charge in [-0.2, -0.15) is 0 Å². The number of carbonyl (C=O) groups is 8. The third kappa shape index (κ3) is 27.0. The van der Waals surface area contributed by atoms with Gasteiger partial charge in [0.2, 0.25) is 23.6 Å². The number of benzene rings is 1. The highest BCUT2D eigenvalue weighted by molar-refractivity contribution is 7.49. The number of unbranched alkanes of at least 4 members (excludes halogenated alkanes) is 5. The molecule has 1 aliphatic heterocycles. The molecule has 0 bridgehead atoms. The Balaban J connectivity index is 2.49. The van der Waals surface area contributed by atoms with Crippen LogP contribution in [0.15, 0.2) is 47.6 Å². The number of phosphoric ester groups is 2. The van der Waals surface area contributed by atoms with Gasteiger partial charge in [0.1, 0.15) is 36.4 Å². The Hall–Kier alpha value is -5.23. The molecule has 84 heavy (non-hydrogen) atoms. The number of hydrogen-bond acceptors (Lipinski definition) is 17. The van der Waals surface area contributed by atoms with Gasteiger partial charge >= 0.3 is 33.7 Å². The van der Waals surface area contributed by atoms with Gasteiger partial charge in [0.25, 0.3) is 5.91 Å². The van der Waals surface area contributed by atoms with E-state index in [0.717, 1.165) is 29.1 Å². The van der Waals surface area contributed by atoms with Gasteiger partial charge in [-0.3, -0.25) is 33.0 Å². The number of nitrogens with zero attached hydrogens (tertiary/aromatic N) is 2. The average molecular weight is 1250 g/mol. The third-order valence-electron chi connectivity index (χ3n) is 13.9. The molecule has 1 aromatic carbocycles. The fourth-order valence-electron chi connectivity index (χ4n) is 8.49. The Morgan fingerprint density at radius 3 is 1.98 bits per heavy atom. The summed E-state index contributed by atoms with van der Waals surface area (Å²) >= 11 is 6.15. The van der Waals surface area contributed by atoms with Gasteiger partial charge in [-0.15, -0.1) is 9.35 Å². The number of cyclic esters (lactones) is 2. The minimum Gasteiger partial charge on any atom is -0.456 e. The number of likely N-dealkylation sites (N-methyl/N-ethyl adjacent to an activating group) is 2. The summed E-state index contributed by atoms with van der Waals surface area (Å²) in [5, 5.41) is 11.1. The first-order chi connectivity index (χ1) is 39.4. The van der Waals surface area contributed by atoms with Crippen LogP contribution in [0.3, 0.4) is 0 Å². The summed E-state index contributed by atoms with van der Waals surface area (Å²) in [7, 11) is -6.97. The van der Waals surface area contributed by atoms with Gasteiger partial charge in [-0.05, 0) is 102 Å². The molecule has 3 unspecified atom stereocenters. The van der Waals surface area contributed by atoms with Crippen molar-refractivity contribution in [1.29, 1.82) is 0 Å². The maximum Gasteiger partial charge on any atom is 0.499 e. The predicted octanol–water partition coefficient (Wildman–Crippen LogP) is 7.56. The average Bonchev–Trinajstić information content (AvgIpc) is 3.44. The number of alkyl carbamates (subject to hydrolysis) is 1. The second-order valence-electron chi connectivity index (χ2n) is 21.5. The van der Waals surface area contributed by atoms with Crippen LogP contribution in [0, 0.1) is 17.8 Å². The van der Waals surface area contributed by atoms with E-state index in [4.69, 9.17) is 34.9 Å². The van der Waals surface area contributed by atoms with E-state index in [0.29, 0.717) is 41.8 Å². The summed E-state index contributed by atoms with van der Waals surface area (Å²) in [5.74, 6) is -6.86. The Bertz CT molecular complexity index is 2500. The van der Waals surface area contributed by atoms with E-state index in [-0.39, 0.29) is 56.9 Å². The lowest BCUT2D eigenvalue weighted by Crippen LogP contribution is -2.57. The van der Waals surface area contributed by atoms with Crippen molar-refractivity contribution in [3.05, 3.63) is 58.1 Å². The molecular formula is C56H91ClN6O19P2. The van der Waals surface area contributed by atoms with E-state index in [1.165, 1.54) is 40.9 Å². The molecule has 0 saturated heterocycles. The molecule has 0 radical (unpaired) electrons. The number of rotatable bonds is 24. The Kier molecular flexibility index (Phi) is 33.3. The van der Waals surface area contributed by atoms with Crippen molar-refractivity contribution in [2.45, 2.75) is 189 Å². The highest BCUT2D eigenvalue weighted by atomic mass is 35.5. The monoisotopic (exact) mass is 1250 g/mol. The zero-order valence-corrected chi connectivity index (χ0v) is 53.4. The van der Waals surface area contributed by atoms with Crippen LogP contribution in [-0.2, 0) is 81.7 Å². The van der Waals surface area contributed by atoms with E-state index in [2.05, 4.69) is 30.6 Å². The standard InChI is InChI=1S/C56H91ClN6O19P2/c1-14-17-18-21-30-76-83(72,73)81-82-84(74,75)77-31-22-19-20-29-58-56(71)79-45-28-23-38(8)54(69)78-46(32-35(4)5)50(65)59-40(10)52(67)63(13)44(33-42-24-26-43(57)27-25-42)53(68)62(12)34-47(64)61-48(36(6)15-2)51(66)60-41(11)55(70)80-49(39(45)9)37(7)16-3/h16,23-27,35-36,39-41,44-46,48-49H,14-15,17-22,28-34H2,1-13H3,(H,58,71)(H,59,65)(H,60,66)(H,61,64)(H,72,73)(H,74,75)/b37-16+,38-23+/t36?,39-,40-,41+,44+,45-,46+,48-,49+/m0/s1. The molecule has 2 rings (SSSR count). The van der Waals surface area contributed by atoms with Crippen molar-refractivity contribution in [2.24, 2.45) is 17.8 Å². The summed E-state index contributed by atoms with van der Waals surface area (Å²) in [6, 6.07) is 1.66. The van der Waals surface area contributed by atoms with Gasteiger partial charge in [0.15, 0.2) is 6.10 Å². The lowest BCUT2D eigenvalue weighted by Gasteiger charge is -2.33. The molecule has 25 nitrogen and oxygen atoms in total. The number of ether oxygens (including phenoxy) is 3. The number of phosphoric acid groups is 2. The first-order valence-electron chi connectivity index (χ1n) is 28.5. The van der Waals surface area contributed by atoms with Gasteiger partial charge < -0.3 is 55.1 Å². The lowest BCUT2D eigenvalue weighted by molar-refractivity contribution is -0.155. The third-order valence-corrected chi connectivity index (χ3v) is 15.9. The normalized spacial score (nSPS) is 25.2. The van der Waals surface area contributed by atoms with Gasteiger partial charge in [0.05, 0.1) is 19.8 Å². The summed E-state index contributed by atoms with van der Waals surface area (Å²) < 4.78 is 60.0. The number of nitrogens with one attached hydrogen (secondary N) is 4. The van der Waals surface area contributed by atoms with E-state index in [9.17, 15) is 57.3 Å². The minimum absolute atomic E-state index is 0.00874.